The van der Waals surface area contributed by atoms with Crippen LogP contribution in [-0.4, -0.2) is 19.2 Å². The fraction of sp³-hybridized carbons (Fsp3) is 0.359. The highest BCUT2D eigenvalue weighted by atomic mass is 16.5. The van der Waals surface area contributed by atoms with E-state index < -0.39 is 5.41 Å². The van der Waals surface area contributed by atoms with Crippen LogP contribution in [0.4, 0.5) is 0 Å². The minimum atomic E-state index is -0.596. The Hall–Kier alpha value is -3.85. The van der Waals surface area contributed by atoms with Gasteiger partial charge in [-0.3, -0.25) is 0 Å². The SMILES string of the molecule is CCCCCCOc1ccc(C2(c3ccc(C)c(CC)c3)c3cc(C)ccc3-c3ccc(C)cc32)cc1C(=O)OCC. The summed E-state index contributed by atoms with van der Waals surface area (Å²) in [5.74, 6) is 0.247. The largest absolute Gasteiger partial charge is 0.493 e. The van der Waals surface area contributed by atoms with Gasteiger partial charge in [-0.05, 0) is 97.2 Å². The molecule has 0 saturated carbocycles. The molecule has 1 aliphatic rings. The fourth-order valence-corrected chi connectivity index (χ4v) is 6.59. The van der Waals surface area contributed by atoms with Gasteiger partial charge in [0, 0.05) is 0 Å². The highest BCUT2D eigenvalue weighted by Gasteiger charge is 2.47. The maximum atomic E-state index is 13.5. The van der Waals surface area contributed by atoms with E-state index in [1.807, 2.05) is 19.1 Å². The lowest BCUT2D eigenvalue weighted by Crippen LogP contribution is -2.29. The normalized spacial score (nSPS) is 13.0. The smallest absolute Gasteiger partial charge is 0.341 e. The topological polar surface area (TPSA) is 35.5 Å². The zero-order chi connectivity index (χ0) is 29.9. The summed E-state index contributed by atoms with van der Waals surface area (Å²) < 4.78 is 11.8. The molecule has 1 aliphatic carbocycles. The number of aryl methyl sites for hydroxylation is 4. The van der Waals surface area contributed by atoms with Gasteiger partial charge in [-0.1, -0.05) is 105 Å². The van der Waals surface area contributed by atoms with Gasteiger partial charge in [-0.15, -0.1) is 0 Å². The quantitative estimate of drug-likeness (QED) is 0.119. The first-order valence-corrected chi connectivity index (χ1v) is 15.6. The maximum absolute atomic E-state index is 13.5. The third kappa shape index (κ3) is 5.26. The van der Waals surface area contributed by atoms with Crippen molar-refractivity contribution in [1.29, 1.82) is 0 Å². The summed E-state index contributed by atoms with van der Waals surface area (Å²) in [6.45, 7) is 13.7. The Kier molecular flexibility index (Phi) is 8.87. The first-order chi connectivity index (χ1) is 20.3. The van der Waals surface area contributed by atoms with Gasteiger partial charge in [-0.2, -0.15) is 0 Å². The van der Waals surface area contributed by atoms with Gasteiger partial charge in [0.15, 0.2) is 0 Å². The molecule has 0 bridgehead atoms. The number of esters is 1. The summed E-state index contributed by atoms with van der Waals surface area (Å²) in [7, 11) is 0. The molecule has 0 heterocycles. The van der Waals surface area contributed by atoms with Crippen LogP contribution in [0, 0.1) is 20.8 Å². The molecule has 0 aliphatic heterocycles. The number of carbonyl (C=O) groups is 1. The molecule has 0 spiro atoms. The van der Waals surface area contributed by atoms with Crippen LogP contribution in [0.15, 0.2) is 72.8 Å². The van der Waals surface area contributed by atoms with Crippen LogP contribution in [-0.2, 0) is 16.6 Å². The number of hydrogen-bond acceptors (Lipinski definition) is 3. The molecule has 0 fully saturated rings. The van der Waals surface area contributed by atoms with Crippen molar-refractivity contribution in [2.75, 3.05) is 13.2 Å². The summed E-state index contributed by atoms with van der Waals surface area (Å²) in [6, 6.07) is 26.7. The summed E-state index contributed by atoms with van der Waals surface area (Å²) in [6.07, 6.45) is 5.39. The molecule has 3 nitrogen and oxygen atoms in total. The van der Waals surface area contributed by atoms with Crippen molar-refractivity contribution in [3.8, 4) is 16.9 Å². The van der Waals surface area contributed by atoms with Crippen molar-refractivity contribution in [3.05, 3.63) is 123 Å². The minimum Gasteiger partial charge on any atom is -0.493 e. The molecule has 218 valence electrons. The van der Waals surface area contributed by atoms with Gasteiger partial charge >= 0.3 is 5.97 Å². The molecule has 42 heavy (non-hydrogen) atoms. The van der Waals surface area contributed by atoms with Gasteiger partial charge in [-0.25, -0.2) is 4.79 Å². The van der Waals surface area contributed by atoms with E-state index in [0.29, 0.717) is 24.5 Å². The first-order valence-electron chi connectivity index (χ1n) is 15.6. The molecule has 0 amide bonds. The molecule has 4 aromatic carbocycles. The van der Waals surface area contributed by atoms with Crippen LogP contribution in [0.25, 0.3) is 11.1 Å². The second-order valence-corrected chi connectivity index (χ2v) is 11.7. The van der Waals surface area contributed by atoms with Crippen LogP contribution in [0.1, 0.15) is 101 Å². The number of carbonyl (C=O) groups excluding carboxylic acids is 1. The highest BCUT2D eigenvalue weighted by molar-refractivity contribution is 5.94. The van der Waals surface area contributed by atoms with Gasteiger partial charge in [0.1, 0.15) is 11.3 Å². The van der Waals surface area contributed by atoms with E-state index in [2.05, 4.69) is 95.3 Å². The Bertz CT molecular complexity index is 1540. The molecule has 0 atom stereocenters. The minimum absolute atomic E-state index is 0.312. The van der Waals surface area contributed by atoms with Crippen molar-refractivity contribution in [1.82, 2.24) is 0 Å². The molecular formula is C39H44O3. The van der Waals surface area contributed by atoms with E-state index in [1.165, 1.54) is 62.9 Å². The van der Waals surface area contributed by atoms with Crippen LogP contribution in [0.2, 0.25) is 0 Å². The van der Waals surface area contributed by atoms with Crippen molar-refractivity contribution in [3.63, 3.8) is 0 Å². The van der Waals surface area contributed by atoms with Crippen molar-refractivity contribution in [2.45, 2.75) is 79.1 Å². The van der Waals surface area contributed by atoms with Crippen molar-refractivity contribution in [2.24, 2.45) is 0 Å². The Balaban J connectivity index is 1.79. The van der Waals surface area contributed by atoms with E-state index in [4.69, 9.17) is 9.47 Å². The van der Waals surface area contributed by atoms with Crippen LogP contribution >= 0.6 is 0 Å². The Morgan fingerprint density at radius 2 is 1.36 bits per heavy atom. The highest BCUT2D eigenvalue weighted by Crippen LogP contribution is 2.57. The second-order valence-electron chi connectivity index (χ2n) is 11.7. The molecule has 3 heteroatoms. The predicted octanol–water partition coefficient (Wildman–Crippen LogP) is 9.67. The molecule has 0 saturated heterocycles. The molecule has 0 N–H and O–H groups in total. The average molecular weight is 561 g/mol. The fourth-order valence-electron chi connectivity index (χ4n) is 6.59. The average Bonchev–Trinajstić information content (AvgIpc) is 3.26. The lowest BCUT2D eigenvalue weighted by molar-refractivity contribution is 0.0521. The summed E-state index contributed by atoms with van der Waals surface area (Å²) in [5, 5.41) is 0. The van der Waals surface area contributed by atoms with E-state index in [-0.39, 0.29) is 5.97 Å². The summed E-state index contributed by atoms with van der Waals surface area (Å²) in [5.41, 5.74) is 12.2. The molecular weight excluding hydrogens is 516 g/mol. The van der Waals surface area contributed by atoms with Gasteiger partial charge in [0.05, 0.1) is 18.6 Å². The number of ether oxygens (including phenoxy) is 2. The maximum Gasteiger partial charge on any atom is 0.341 e. The number of unbranched alkanes of at least 4 members (excludes halogenated alkanes) is 3. The number of hydrogen-bond donors (Lipinski definition) is 0. The van der Waals surface area contributed by atoms with E-state index in [9.17, 15) is 4.79 Å². The first kappa shape index (κ1) is 29.6. The van der Waals surface area contributed by atoms with E-state index in [0.717, 1.165) is 24.8 Å². The molecule has 5 rings (SSSR count). The lowest BCUT2D eigenvalue weighted by atomic mass is 9.66. The predicted molar refractivity (Wildman–Crippen MR) is 173 cm³/mol. The monoisotopic (exact) mass is 560 g/mol. The van der Waals surface area contributed by atoms with Crippen LogP contribution in [0.5, 0.6) is 5.75 Å². The van der Waals surface area contributed by atoms with Crippen LogP contribution in [0.3, 0.4) is 0 Å². The van der Waals surface area contributed by atoms with Crippen LogP contribution < -0.4 is 4.74 Å². The molecule has 4 aromatic rings. The summed E-state index contributed by atoms with van der Waals surface area (Å²) in [4.78, 5) is 13.5. The molecule has 0 aromatic heterocycles. The zero-order valence-corrected chi connectivity index (χ0v) is 26.1. The van der Waals surface area contributed by atoms with E-state index in [1.54, 1.807) is 0 Å². The number of benzene rings is 4. The van der Waals surface area contributed by atoms with Gasteiger partial charge in [0.2, 0.25) is 0 Å². The standard InChI is InChI=1S/C39H44O3/c1-7-10-11-12-21-42-37-20-17-31(25-34(37)38(40)41-9-3)39(30-16-15-28(6)29(8-2)24-30)35-22-26(4)13-18-32(35)33-19-14-27(5)23-36(33)39/h13-20,22-25H,7-12,21H2,1-6H3. The van der Waals surface area contributed by atoms with Crippen molar-refractivity contribution >= 4 is 5.97 Å². The third-order valence-corrected chi connectivity index (χ3v) is 8.77. The van der Waals surface area contributed by atoms with E-state index >= 15 is 0 Å². The second kappa shape index (κ2) is 12.6. The summed E-state index contributed by atoms with van der Waals surface area (Å²) >= 11 is 0. The Morgan fingerprint density at radius 3 is 1.98 bits per heavy atom. The van der Waals surface area contributed by atoms with Crippen molar-refractivity contribution < 1.29 is 14.3 Å². The Morgan fingerprint density at radius 1 is 0.714 bits per heavy atom. The third-order valence-electron chi connectivity index (χ3n) is 8.77. The van der Waals surface area contributed by atoms with Gasteiger partial charge < -0.3 is 9.47 Å². The number of rotatable bonds is 11. The molecule has 0 unspecified atom stereocenters. The number of fused-ring (bicyclic) bond motifs is 3. The van der Waals surface area contributed by atoms with Gasteiger partial charge in [0.25, 0.3) is 0 Å². The lowest BCUT2D eigenvalue weighted by Gasteiger charge is -2.35. The zero-order valence-electron chi connectivity index (χ0n) is 26.1. The Labute approximate surface area is 251 Å². The molecule has 0 radical (unpaired) electrons.